The molecule has 0 aliphatic heterocycles. The maximum Gasteiger partial charge on any atom is 0.257 e. The van der Waals surface area contributed by atoms with Gasteiger partial charge in [0.2, 0.25) is 5.91 Å². The number of ether oxygens (including phenoxy) is 1. The summed E-state index contributed by atoms with van der Waals surface area (Å²) < 4.78 is 5.32. The Morgan fingerprint density at radius 1 is 1.04 bits per heavy atom. The van der Waals surface area contributed by atoms with Gasteiger partial charge in [0.1, 0.15) is 5.75 Å². The van der Waals surface area contributed by atoms with Crippen LogP contribution in [-0.4, -0.2) is 28.9 Å². The van der Waals surface area contributed by atoms with Gasteiger partial charge in [-0.25, -0.2) is 0 Å². The second-order valence-corrected chi connectivity index (χ2v) is 5.69. The number of aromatic nitrogens is 2. The fourth-order valence-electron chi connectivity index (χ4n) is 2.38. The van der Waals surface area contributed by atoms with Crippen molar-refractivity contribution in [2.75, 3.05) is 17.7 Å². The van der Waals surface area contributed by atoms with E-state index in [1.807, 2.05) is 6.07 Å². The molecule has 0 unspecified atom stereocenters. The lowest BCUT2D eigenvalue weighted by molar-refractivity contribution is -0.111. The van der Waals surface area contributed by atoms with Crippen LogP contribution in [0.5, 0.6) is 5.75 Å². The van der Waals surface area contributed by atoms with E-state index < -0.39 is 0 Å². The standard InChI is InChI=1S/C21H18N4O3/c1-28-19-13-17(24-20(26)10-8-16-6-2-3-12-23-16)7-9-18(19)25-21(27)15-5-4-11-22-14-15/h2-14H,1H3,(H,24,26)(H,25,27)/b10-8+. The largest absolute Gasteiger partial charge is 0.494 e. The number of rotatable bonds is 6. The number of nitrogens with zero attached hydrogens (tertiary/aromatic N) is 2. The van der Waals surface area contributed by atoms with Gasteiger partial charge in [-0.15, -0.1) is 0 Å². The predicted octanol–water partition coefficient (Wildman–Crippen LogP) is 3.39. The highest BCUT2D eigenvalue weighted by Gasteiger charge is 2.11. The average Bonchev–Trinajstić information content (AvgIpc) is 2.74. The van der Waals surface area contributed by atoms with E-state index in [1.165, 1.54) is 19.4 Å². The van der Waals surface area contributed by atoms with Crippen molar-refractivity contribution in [2.24, 2.45) is 0 Å². The summed E-state index contributed by atoms with van der Waals surface area (Å²) in [6.07, 6.45) is 7.74. The minimum absolute atomic E-state index is 0.304. The highest BCUT2D eigenvalue weighted by Crippen LogP contribution is 2.28. The summed E-state index contributed by atoms with van der Waals surface area (Å²) in [4.78, 5) is 32.4. The van der Waals surface area contributed by atoms with Gasteiger partial charge in [-0.1, -0.05) is 6.07 Å². The third-order valence-electron chi connectivity index (χ3n) is 3.73. The van der Waals surface area contributed by atoms with Crippen LogP contribution >= 0.6 is 0 Å². The zero-order valence-electron chi connectivity index (χ0n) is 15.1. The Hall–Kier alpha value is -4.00. The molecule has 0 atom stereocenters. The Kier molecular flexibility index (Phi) is 6.10. The third kappa shape index (κ3) is 5.01. The van der Waals surface area contributed by atoms with E-state index in [9.17, 15) is 9.59 Å². The van der Waals surface area contributed by atoms with Gasteiger partial charge in [0.05, 0.1) is 24.1 Å². The maximum absolute atomic E-state index is 12.3. The second kappa shape index (κ2) is 9.09. The molecule has 0 aliphatic rings. The molecule has 140 valence electrons. The van der Waals surface area contributed by atoms with Crippen LogP contribution in [0.25, 0.3) is 6.08 Å². The zero-order valence-corrected chi connectivity index (χ0v) is 15.1. The number of hydrogen-bond donors (Lipinski definition) is 2. The lowest BCUT2D eigenvalue weighted by Crippen LogP contribution is -2.13. The molecule has 2 amide bonds. The van der Waals surface area contributed by atoms with Crippen LogP contribution in [0.1, 0.15) is 16.1 Å². The van der Waals surface area contributed by atoms with Crippen LogP contribution in [0.4, 0.5) is 11.4 Å². The molecule has 2 aromatic heterocycles. The van der Waals surface area contributed by atoms with E-state index >= 15 is 0 Å². The fraction of sp³-hybridized carbons (Fsp3) is 0.0476. The van der Waals surface area contributed by atoms with Crippen LogP contribution < -0.4 is 15.4 Å². The van der Waals surface area contributed by atoms with Gasteiger partial charge in [0, 0.05) is 36.4 Å². The number of anilines is 2. The van der Waals surface area contributed by atoms with Gasteiger partial charge in [-0.2, -0.15) is 0 Å². The summed E-state index contributed by atoms with van der Waals surface area (Å²) in [6, 6.07) is 13.8. The first-order valence-corrected chi connectivity index (χ1v) is 8.45. The molecule has 0 spiro atoms. The van der Waals surface area contributed by atoms with Gasteiger partial charge in [0.15, 0.2) is 0 Å². The van der Waals surface area contributed by atoms with Crippen molar-refractivity contribution >= 4 is 29.3 Å². The quantitative estimate of drug-likeness (QED) is 0.645. The summed E-state index contributed by atoms with van der Waals surface area (Å²) >= 11 is 0. The van der Waals surface area contributed by atoms with Gasteiger partial charge in [0.25, 0.3) is 5.91 Å². The van der Waals surface area contributed by atoms with Crippen LogP contribution in [0.3, 0.4) is 0 Å². The van der Waals surface area contributed by atoms with E-state index in [1.54, 1.807) is 60.9 Å². The Bertz CT molecular complexity index is 989. The highest BCUT2D eigenvalue weighted by molar-refractivity contribution is 6.05. The number of nitrogens with one attached hydrogen (secondary N) is 2. The summed E-state index contributed by atoms with van der Waals surface area (Å²) in [5.41, 5.74) is 2.13. The molecule has 1 aromatic carbocycles. The molecule has 7 heteroatoms. The van der Waals surface area contributed by atoms with Crippen molar-refractivity contribution in [1.82, 2.24) is 9.97 Å². The average molecular weight is 374 g/mol. The lowest BCUT2D eigenvalue weighted by atomic mass is 10.2. The summed E-state index contributed by atoms with van der Waals surface area (Å²) in [5, 5.41) is 5.51. The smallest absolute Gasteiger partial charge is 0.257 e. The van der Waals surface area contributed by atoms with Crippen molar-refractivity contribution in [3.05, 3.63) is 84.5 Å². The van der Waals surface area contributed by atoms with Crippen molar-refractivity contribution in [1.29, 1.82) is 0 Å². The molecule has 28 heavy (non-hydrogen) atoms. The van der Waals surface area contributed by atoms with E-state index in [0.717, 1.165) is 0 Å². The molecule has 2 N–H and O–H groups in total. The first-order valence-electron chi connectivity index (χ1n) is 8.45. The van der Waals surface area contributed by atoms with E-state index in [2.05, 4.69) is 20.6 Å². The number of carbonyl (C=O) groups is 2. The van der Waals surface area contributed by atoms with E-state index in [-0.39, 0.29) is 11.8 Å². The van der Waals surface area contributed by atoms with Gasteiger partial charge in [-0.3, -0.25) is 19.6 Å². The van der Waals surface area contributed by atoms with Crippen LogP contribution in [0.2, 0.25) is 0 Å². The molecule has 0 bridgehead atoms. The van der Waals surface area contributed by atoms with Crippen molar-refractivity contribution in [2.45, 2.75) is 0 Å². The monoisotopic (exact) mass is 374 g/mol. The lowest BCUT2D eigenvalue weighted by Gasteiger charge is -2.12. The topological polar surface area (TPSA) is 93.2 Å². The SMILES string of the molecule is COc1cc(NC(=O)/C=C/c2ccccn2)ccc1NC(=O)c1cccnc1. The van der Waals surface area contributed by atoms with Crippen LogP contribution in [0, 0.1) is 0 Å². The van der Waals surface area contributed by atoms with E-state index in [4.69, 9.17) is 4.74 Å². The first-order chi connectivity index (χ1) is 13.7. The molecule has 0 saturated heterocycles. The molecule has 0 saturated carbocycles. The summed E-state index contributed by atoms with van der Waals surface area (Å²) in [6.45, 7) is 0. The second-order valence-electron chi connectivity index (χ2n) is 5.69. The fourth-order valence-corrected chi connectivity index (χ4v) is 2.38. The Morgan fingerprint density at radius 2 is 1.93 bits per heavy atom. The van der Waals surface area contributed by atoms with E-state index in [0.29, 0.717) is 28.4 Å². The first kappa shape index (κ1) is 18.8. The minimum Gasteiger partial charge on any atom is -0.494 e. The Balaban J connectivity index is 1.68. The number of carbonyl (C=O) groups excluding carboxylic acids is 2. The van der Waals surface area contributed by atoms with Crippen molar-refractivity contribution in [3.8, 4) is 5.75 Å². The number of methoxy groups -OCH3 is 1. The zero-order chi connectivity index (χ0) is 19.8. The highest BCUT2D eigenvalue weighted by atomic mass is 16.5. The summed E-state index contributed by atoms with van der Waals surface area (Å²) in [7, 11) is 1.49. The number of hydrogen-bond acceptors (Lipinski definition) is 5. The Morgan fingerprint density at radius 3 is 2.64 bits per heavy atom. The molecule has 0 fully saturated rings. The van der Waals surface area contributed by atoms with Gasteiger partial charge < -0.3 is 15.4 Å². The number of pyridine rings is 2. The molecule has 0 aliphatic carbocycles. The normalized spacial score (nSPS) is 10.5. The molecule has 3 aromatic rings. The summed E-state index contributed by atoms with van der Waals surface area (Å²) in [5.74, 6) is -0.190. The molecule has 2 heterocycles. The molecular formula is C21H18N4O3. The predicted molar refractivity (Wildman–Crippen MR) is 107 cm³/mol. The number of benzene rings is 1. The minimum atomic E-state index is -0.306. The van der Waals surface area contributed by atoms with Crippen molar-refractivity contribution in [3.63, 3.8) is 0 Å². The van der Waals surface area contributed by atoms with Crippen LogP contribution in [-0.2, 0) is 4.79 Å². The van der Waals surface area contributed by atoms with Crippen molar-refractivity contribution < 1.29 is 14.3 Å². The van der Waals surface area contributed by atoms with Gasteiger partial charge in [-0.05, 0) is 42.5 Å². The Labute approximate surface area is 162 Å². The van der Waals surface area contributed by atoms with Gasteiger partial charge >= 0.3 is 0 Å². The number of amides is 2. The molecular weight excluding hydrogens is 356 g/mol. The molecule has 7 nitrogen and oxygen atoms in total. The molecule has 0 radical (unpaired) electrons. The van der Waals surface area contributed by atoms with Crippen LogP contribution in [0.15, 0.2) is 73.2 Å². The molecule has 3 rings (SSSR count). The maximum atomic E-state index is 12.3. The third-order valence-corrected chi connectivity index (χ3v) is 3.73.